The van der Waals surface area contributed by atoms with Crippen LogP contribution in [0.1, 0.15) is 24.0 Å². The number of anilines is 1. The molecule has 1 fully saturated rings. The highest BCUT2D eigenvalue weighted by Crippen LogP contribution is 2.34. The molecule has 94 valence electrons. The Labute approximate surface area is 101 Å². The summed E-state index contributed by atoms with van der Waals surface area (Å²) in [6.45, 7) is 2.37. The van der Waals surface area contributed by atoms with Gasteiger partial charge in [0.05, 0.1) is 18.0 Å². The molecule has 6 nitrogen and oxygen atoms in total. The number of nitrogens with zero attached hydrogens (tertiary/aromatic N) is 3. The number of rotatable bonds is 3. The molecule has 0 spiro atoms. The van der Waals surface area contributed by atoms with Crippen LogP contribution in [0.5, 0.6) is 0 Å². The third-order valence-corrected chi connectivity index (χ3v) is 4.14. The molecule has 17 heavy (non-hydrogen) atoms. The maximum atomic E-state index is 11.5. The van der Waals surface area contributed by atoms with Crippen LogP contribution in [0.25, 0.3) is 0 Å². The Morgan fingerprint density at radius 3 is 2.65 bits per heavy atom. The average Bonchev–Trinajstić information content (AvgIpc) is 2.12. The molecule has 0 bridgehead atoms. The summed E-state index contributed by atoms with van der Waals surface area (Å²) in [6, 6.07) is 1.66. The summed E-state index contributed by atoms with van der Waals surface area (Å²) in [5, 5.41) is 2.95. The fourth-order valence-electron chi connectivity index (χ4n) is 1.95. The van der Waals surface area contributed by atoms with E-state index in [0.717, 1.165) is 12.1 Å². The summed E-state index contributed by atoms with van der Waals surface area (Å²) in [7, 11) is -1.36. The molecule has 0 unspecified atom stereocenters. The van der Waals surface area contributed by atoms with Gasteiger partial charge in [0.15, 0.2) is 0 Å². The van der Waals surface area contributed by atoms with Crippen molar-refractivity contribution in [3.05, 3.63) is 17.6 Å². The smallest absolute Gasteiger partial charge is 0.211 e. The zero-order valence-corrected chi connectivity index (χ0v) is 11.0. The SMILES string of the molecule is CNc1cc([C@H]2CCN2S(C)(=O)=O)nc(C)n1. The van der Waals surface area contributed by atoms with E-state index >= 15 is 0 Å². The molecule has 0 saturated carbocycles. The molecule has 7 heteroatoms. The van der Waals surface area contributed by atoms with Crippen molar-refractivity contribution < 1.29 is 8.42 Å². The Morgan fingerprint density at radius 2 is 2.18 bits per heavy atom. The van der Waals surface area contributed by atoms with E-state index in [2.05, 4.69) is 15.3 Å². The summed E-state index contributed by atoms with van der Waals surface area (Å²) in [6.07, 6.45) is 2.04. The first-order chi connectivity index (χ1) is 7.91. The van der Waals surface area contributed by atoms with Gasteiger partial charge in [0.2, 0.25) is 10.0 Å². The molecule has 1 aliphatic rings. The normalized spacial score (nSPS) is 21.0. The van der Waals surface area contributed by atoms with Gasteiger partial charge in [-0.1, -0.05) is 0 Å². The topological polar surface area (TPSA) is 75.2 Å². The van der Waals surface area contributed by atoms with Crippen molar-refractivity contribution >= 4 is 15.8 Å². The van der Waals surface area contributed by atoms with Crippen molar-refractivity contribution in [2.75, 3.05) is 25.2 Å². The molecule has 1 aromatic heterocycles. The number of aryl methyl sites for hydroxylation is 1. The molecule has 1 aromatic rings. The van der Waals surface area contributed by atoms with Crippen molar-refractivity contribution in [1.29, 1.82) is 0 Å². The van der Waals surface area contributed by atoms with Crippen molar-refractivity contribution in [2.45, 2.75) is 19.4 Å². The lowest BCUT2D eigenvalue weighted by atomic mass is 10.0. The maximum absolute atomic E-state index is 11.5. The number of hydrogen-bond donors (Lipinski definition) is 1. The molecule has 1 atom stereocenters. The number of aromatic nitrogens is 2. The molecular formula is C10H16N4O2S. The van der Waals surface area contributed by atoms with E-state index in [1.54, 1.807) is 20.0 Å². The summed E-state index contributed by atoms with van der Waals surface area (Å²) >= 11 is 0. The Hall–Kier alpha value is -1.21. The van der Waals surface area contributed by atoms with Gasteiger partial charge in [-0.25, -0.2) is 18.4 Å². The van der Waals surface area contributed by atoms with Gasteiger partial charge in [0.25, 0.3) is 0 Å². The average molecular weight is 256 g/mol. The monoisotopic (exact) mass is 256 g/mol. The summed E-state index contributed by atoms with van der Waals surface area (Å²) < 4.78 is 24.5. The standard InChI is InChI=1S/C10H16N4O2S/c1-7-12-8(6-10(11-2)13-7)9-4-5-14(9)17(3,15)16/h6,9H,4-5H2,1-3H3,(H,11,12,13)/t9-/m1/s1. The van der Waals surface area contributed by atoms with Crippen LogP contribution in [-0.2, 0) is 10.0 Å². The van der Waals surface area contributed by atoms with Gasteiger partial charge in [-0.05, 0) is 13.3 Å². The lowest BCUT2D eigenvalue weighted by Crippen LogP contribution is -2.44. The minimum Gasteiger partial charge on any atom is -0.373 e. The molecule has 1 saturated heterocycles. The van der Waals surface area contributed by atoms with Gasteiger partial charge in [0, 0.05) is 19.7 Å². The van der Waals surface area contributed by atoms with E-state index < -0.39 is 10.0 Å². The van der Waals surface area contributed by atoms with Crippen LogP contribution >= 0.6 is 0 Å². The molecule has 1 aliphatic heterocycles. The molecule has 2 heterocycles. The van der Waals surface area contributed by atoms with Crippen molar-refractivity contribution in [1.82, 2.24) is 14.3 Å². The van der Waals surface area contributed by atoms with Gasteiger partial charge in [-0.15, -0.1) is 0 Å². The molecule has 1 N–H and O–H groups in total. The zero-order valence-electron chi connectivity index (χ0n) is 10.1. The molecule has 0 radical (unpaired) electrons. The van der Waals surface area contributed by atoms with E-state index in [1.165, 1.54) is 10.6 Å². The van der Waals surface area contributed by atoms with Crippen LogP contribution < -0.4 is 5.32 Å². The maximum Gasteiger partial charge on any atom is 0.211 e. The second kappa shape index (κ2) is 4.23. The highest BCUT2D eigenvalue weighted by molar-refractivity contribution is 7.88. The molecule has 2 rings (SSSR count). The number of hydrogen-bond acceptors (Lipinski definition) is 5. The predicted molar refractivity (Wildman–Crippen MR) is 65.2 cm³/mol. The zero-order chi connectivity index (χ0) is 12.6. The molecule has 0 aromatic carbocycles. The van der Waals surface area contributed by atoms with Crippen molar-refractivity contribution in [3.63, 3.8) is 0 Å². The second-order valence-electron chi connectivity index (χ2n) is 4.15. The van der Waals surface area contributed by atoms with Crippen molar-refractivity contribution in [3.8, 4) is 0 Å². The molecule has 0 aliphatic carbocycles. The highest BCUT2D eigenvalue weighted by atomic mass is 32.2. The van der Waals surface area contributed by atoms with Crippen LogP contribution in [0.15, 0.2) is 6.07 Å². The predicted octanol–water partition coefficient (Wildman–Crippen LogP) is 0.533. The van der Waals surface area contributed by atoms with Crippen LogP contribution in [0.3, 0.4) is 0 Å². The third-order valence-electron chi connectivity index (χ3n) is 2.85. The first-order valence-electron chi connectivity index (χ1n) is 5.42. The molecular weight excluding hydrogens is 240 g/mol. The Kier molecular flexibility index (Phi) is 3.05. The number of sulfonamides is 1. The first kappa shape index (κ1) is 12.3. The Morgan fingerprint density at radius 1 is 1.47 bits per heavy atom. The van der Waals surface area contributed by atoms with Crippen LogP contribution in [0, 0.1) is 6.92 Å². The number of nitrogens with one attached hydrogen (secondary N) is 1. The lowest BCUT2D eigenvalue weighted by molar-refractivity contribution is 0.199. The van der Waals surface area contributed by atoms with E-state index in [4.69, 9.17) is 0 Å². The summed E-state index contributed by atoms with van der Waals surface area (Å²) in [5.74, 6) is 1.36. The fourth-order valence-corrected chi connectivity index (χ4v) is 3.06. The lowest BCUT2D eigenvalue weighted by Gasteiger charge is -2.38. The highest BCUT2D eigenvalue weighted by Gasteiger charge is 2.37. The van der Waals surface area contributed by atoms with Gasteiger partial charge in [-0.2, -0.15) is 4.31 Å². The van der Waals surface area contributed by atoms with Crippen LogP contribution in [0.2, 0.25) is 0 Å². The van der Waals surface area contributed by atoms with Gasteiger partial charge in [0.1, 0.15) is 11.6 Å². The van der Waals surface area contributed by atoms with E-state index in [-0.39, 0.29) is 6.04 Å². The minimum absolute atomic E-state index is 0.140. The van der Waals surface area contributed by atoms with Crippen LogP contribution in [-0.4, -0.2) is 42.5 Å². The van der Waals surface area contributed by atoms with Crippen molar-refractivity contribution in [2.24, 2.45) is 0 Å². The van der Waals surface area contributed by atoms with E-state index in [0.29, 0.717) is 18.2 Å². The van der Waals surface area contributed by atoms with Gasteiger partial charge < -0.3 is 5.32 Å². The quantitative estimate of drug-likeness (QED) is 0.854. The van der Waals surface area contributed by atoms with Gasteiger partial charge >= 0.3 is 0 Å². The Balaban J connectivity index is 2.32. The van der Waals surface area contributed by atoms with Crippen LogP contribution in [0.4, 0.5) is 5.82 Å². The summed E-state index contributed by atoms with van der Waals surface area (Å²) in [4.78, 5) is 8.50. The third kappa shape index (κ3) is 2.39. The largest absolute Gasteiger partial charge is 0.373 e. The van der Waals surface area contributed by atoms with Gasteiger partial charge in [-0.3, -0.25) is 0 Å². The van der Waals surface area contributed by atoms with E-state index in [9.17, 15) is 8.42 Å². The Bertz CT molecular complexity index is 529. The van der Waals surface area contributed by atoms with E-state index in [1.807, 2.05) is 0 Å². The molecule has 0 amide bonds. The summed E-state index contributed by atoms with van der Waals surface area (Å²) in [5.41, 5.74) is 0.763. The minimum atomic E-state index is -3.14. The fraction of sp³-hybridized carbons (Fsp3) is 0.600. The second-order valence-corrected chi connectivity index (χ2v) is 6.09. The first-order valence-corrected chi connectivity index (χ1v) is 7.27.